The lowest BCUT2D eigenvalue weighted by Gasteiger charge is -2.17. The van der Waals surface area contributed by atoms with E-state index >= 15 is 0 Å². The maximum atomic E-state index is 13.3. The van der Waals surface area contributed by atoms with Crippen LogP contribution in [0.2, 0.25) is 0 Å². The fraction of sp³-hybridized carbons (Fsp3) is 0.286. The summed E-state index contributed by atoms with van der Waals surface area (Å²) in [6.07, 6.45) is 1.61. The monoisotopic (exact) mass is 394 g/mol. The van der Waals surface area contributed by atoms with E-state index in [9.17, 15) is 4.79 Å². The molecule has 0 fully saturated rings. The molecule has 0 saturated heterocycles. The van der Waals surface area contributed by atoms with E-state index in [4.69, 9.17) is 9.40 Å². The molecular weight excluding hydrogens is 372 g/mol. The van der Waals surface area contributed by atoms with Gasteiger partial charge in [-0.25, -0.2) is 4.98 Å². The van der Waals surface area contributed by atoms with Gasteiger partial charge in [0.1, 0.15) is 5.76 Å². The second-order valence-electron chi connectivity index (χ2n) is 7.11. The summed E-state index contributed by atoms with van der Waals surface area (Å²) in [6.45, 7) is 6.53. The highest BCUT2D eigenvalue weighted by Gasteiger charge is 2.25. The van der Waals surface area contributed by atoms with Gasteiger partial charge in [0.2, 0.25) is 0 Å². The minimum atomic E-state index is -0.190. The molecule has 1 amide bonds. The maximum absolute atomic E-state index is 13.3. The molecule has 28 heavy (non-hydrogen) atoms. The second-order valence-corrected chi connectivity index (χ2v) is 8.12. The number of rotatable bonds is 5. The zero-order valence-corrected chi connectivity index (χ0v) is 17.2. The van der Waals surface area contributed by atoms with E-state index in [0.717, 1.165) is 15.9 Å². The maximum Gasteiger partial charge on any atom is 0.280 e. The number of nitrogens with zero attached hydrogens (tertiary/aromatic N) is 4. The van der Waals surface area contributed by atoms with E-state index in [1.54, 1.807) is 21.9 Å². The van der Waals surface area contributed by atoms with Crippen molar-refractivity contribution in [3.05, 3.63) is 65.4 Å². The second kappa shape index (κ2) is 7.24. The van der Waals surface area contributed by atoms with Crippen LogP contribution in [0.15, 0.2) is 47.1 Å². The van der Waals surface area contributed by atoms with Gasteiger partial charge in [-0.2, -0.15) is 5.10 Å². The summed E-state index contributed by atoms with van der Waals surface area (Å²) in [7, 11) is 1.83. The number of aryl methyl sites for hydroxylation is 2. The van der Waals surface area contributed by atoms with Gasteiger partial charge in [-0.3, -0.25) is 14.4 Å². The summed E-state index contributed by atoms with van der Waals surface area (Å²) in [5, 5.41) is 5.00. The van der Waals surface area contributed by atoms with Crippen LogP contribution in [-0.4, -0.2) is 20.7 Å². The van der Waals surface area contributed by atoms with Crippen LogP contribution in [0.4, 0.5) is 5.13 Å². The Balaban J connectivity index is 1.80. The van der Waals surface area contributed by atoms with Crippen LogP contribution in [0.1, 0.15) is 47.3 Å². The Morgan fingerprint density at radius 2 is 2.11 bits per heavy atom. The van der Waals surface area contributed by atoms with Gasteiger partial charge in [-0.05, 0) is 42.7 Å². The first-order valence-electron chi connectivity index (χ1n) is 9.18. The van der Waals surface area contributed by atoms with Gasteiger partial charge >= 0.3 is 0 Å². The van der Waals surface area contributed by atoms with Gasteiger partial charge in [0.25, 0.3) is 5.91 Å². The summed E-state index contributed by atoms with van der Waals surface area (Å²) >= 11 is 1.51. The van der Waals surface area contributed by atoms with Crippen molar-refractivity contribution in [3.63, 3.8) is 0 Å². The SMILES string of the molecule is Cc1cc(C(=O)N(Cc2ccco2)c2nc3c(C(C)C)cccc3s2)nn1C. The van der Waals surface area contributed by atoms with Crippen LogP contribution in [-0.2, 0) is 13.6 Å². The lowest BCUT2D eigenvalue weighted by Crippen LogP contribution is -2.30. The molecule has 0 radical (unpaired) electrons. The molecule has 7 heteroatoms. The molecule has 0 N–H and O–H groups in total. The number of carbonyl (C=O) groups excluding carboxylic acids is 1. The molecule has 144 valence electrons. The lowest BCUT2D eigenvalue weighted by atomic mass is 10.0. The first-order valence-corrected chi connectivity index (χ1v) is 10.00. The van der Waals surface area contributed by atoms with Crippen LogP contribution in [0.3, 0.4) is 0 Å². The Labute approximate surface area is 167 Å². The number of carbonyl (C=O) groups is 1. The Morgan fingerprint density at radius 1 is 1.29 bits per heavy atom. The molecule has 0 aliphatic rings. The van der Waals surface area contributed by atoms with E-state index in [1.807, 2.05) is 38.2 Å². The van der Waals surface area contributed by atoms with Crippen LogP contribution in [0, 0.1) is 6.92 Å². The molecule has 0 atom stereocenters. The van der Waals surface area contributed by atoms with E-state index in [-0.39, 0.29) is 5.91 Å². The Hall–Kier alpha value is -2.93. The number of hydrogen-bond acceptors (Lipinski definition) is 5. The summed E-state index contributed by atoms with van der Waals surface area (Å²) < 4.78 is 8.26. The van der Waals surface area contributed by atoms with Gasteiger partial charge in [0, 0.05) is 12.7 Å². The molecule has 4 rings (SSSR count). The van der Waals surface area contributed by atoms with E-state index in [2.05, 4.69) is 25.0 Å². The average Bonchev–Trinajstić information content (AvgIpc) is 3.39. The number of fused-ring (bicyclic) bond motifs is 1. The van der Waals surface area contributed by atoms with E-state index in [0.29, 0.717) is 29.0 Å². The quantitative estimate of drug-likeness (QED) is 0.483. The summed E-state index contributed by atoms with van der Waals surface area (Å²) in [4.78, 5) is 19.8. The highest BCUT2D eigenvalue weighted by Crippen LogP contribution is 2.34. The van der Waals surface area contributed by atoms with Crippen molar-refractivity contribution in [2.75, 3.05) is 4.90 Å². The number of anilines is 1. The lowest BCUT2D eigenvalue weighted by molar-refractivity contribution is 0.0977. The van der Waals surface area contributed by atoms with Gasteiger partial charge in [0.05, 0.1) is 23.0 Å². The van der Waals surface area contributed by atoms with Crippen LogP contribution < -0.4 is 4.90 Å². The third-order valence-electron chi connectivity index (χ3n) is 4.76. The van der Waals surface area contributed by atoms with Gasteiger partial charge in [0.15, 0.2) is 10.8 Å². The first kappa shape index (κ1) is 18.4. The van der Waals surface area contributed by atoms with Crippen molar-refractivity contribution >= 4 is 32.6 Å². The summed E-state index contributed by atoms with van der Waals surface area (Å²) in [5.74, 6) is 0.862. The highest BCUT2D eigenvalue weighted by atomic mass is 32.1. The van der Waals surface area contributed by atoms with Crippen molar-refractivity contribution < 1.29 is 9.21 Å². The third kappa shape index (κ3) is 3.33. The number of thiazole rings is 1. The van der Waals surface area contributed by atoms with Crippen LogP contribution in [0.5, 0.6) is 0 Å². The molecule has 0 aliphatic heterocycles. The predicted molar refractivity (Wildman–Crippen MR) is 111 cm³/mol. The molecule has 3 aromatic heterocycles. The van der Waals surface area contributed by atoms with Crippen LogP contribution in [0.25, 0.3) is 10.2 Å². The molecule has 1 aromatic carbocycles. The average molecular weight is 395 g/mol. The van der Waals surface area contributed by atoms with Crippen molar-refractivity contribution in [2.24, 2.45) is 7.05 Å². The fourth-order valence-electron chi connectivity index (χ4n) is 3.13. The van der Waals surface area contributed by atoms with Crippen molar-refractivity contribution in [3.8, 4) is 0 Å². The number of amides is 1. The minimum Gasteiger partial charge on any atom is -0.467 e. The number of benzene rings is 1. The highest BCUT2D eigenvalue weighted by molar-refractivity contribution is 7.22. The Bertz CT molecular complexity index is 1110. The van der Waals surface area contributed by atoms with Crippen molar-refractivity contribution in [1.82, 2.24) is 14.8 Å². The van der Waals surface area contributed by atoms with Crippen molar-refractivity contribution in [1.29, 1.82) is 0 Å². The largest absolute Gasteiger partial charge is 0.467 e. The summed E-state index contributed by atoms with van der Waals surface area (Å²) in [5.41, 5.74) is 3.45. The molecule has 0 spiro atoms. The zero-order chi connectivity index (χ0) is 19.8. The fourth-order valence-corrected chi connectivity index (χ4v) is 4.13. The number of para-hydroxylation sites is 1. The van der Waals surface area contributed by atoms with Gasteiger partial charge < -0.3 is 4.42 Å². The Morgan fingerprint density at radius 3 is 2.75 bits per heavy atom. The molecule has 4 aromatic rings. The Kier molecular flexibility index (Phi) is 4.77. The molecule has 0 bridgehead atoms. The number of aromatic nitrogens is 3. The molecule has 0 aliphatic carbocycles. The van der Waals surface area contributed by atoms with Gasteiger partial charge in [-0.15, -0.1) is 0 Å². The topological polar surface area (TPSA) is 64.2 Å². The molecule has 6 nitrogen and oxygen atoms in total. The molecule has 0 saturated carbocycles. The van der Waals surface area contributed by atoms with E-state index < -0.39 is 0 Å². The summed E-state index contributed by atoms with van der Waals surface area (Å²) in [6, 6.07) is 11.7. The number of hydrogen-bond donors (Lipinski definition) is 0. The standard InChI is InChI=1S/C21H22N4O2S/c1-13(2)16-8-5-9-18-19(16)22-21(28-18)25(12-15-7-6-10-27-15)20(26)17-11-14(3)24(4)23-17/h5-11,13H,12H2,1-4H3. The number of furan rings is 1. The smallest absolute Gasteiger partial charge is 0.280 e. The first-order chi connectivity index (χ1) is 13.4. The van der Waals surface area contributed by atoms with Crippen LogP contribution >= 0.6 is 11.3 Å². The predicted octanol–water partition coefficient (Wildman–Crippen LogP) is 4.90. The molecular formula is C21H22N4O2S. The molecule has 0 unspecified atom stereocenters. The van der Waals surface area contributed by atoms with Crippen molar-refractivity contribution in [2.45, 2.75) is 33.2 Å². The zero-order valence-electron chi connectivity index (χ0n) is 16.3. The van der Waals surface area contributed by atoms with Gasteiger partial charge in [-0.1, -0.05) is 37.3 Å². The minimum absolute atomic E-state index is 0.190. The normalized spacial score (nSPS) is 11.5. The molecule has 3 heterocycles. The third-order valence-corrected chi connectivity index (χ3v) is 5.81. The van der Waals surface area contributed by atoms with E-state index in [1.165, 1.54) is 16.9 Å².